The van der Waals surface area contributed by atoms with Gasteiger partial charge in [0.05, 0.1) is 5.69 Å². The molecular formula is C14H12N2O. The summed E-state index contributed by atoms with van der Waals surface area (Å²) >= 11 is 0. The average molecular weight is 224 g/mol. The minimum Gasteiger partial charge on any atom is -0.312 e. The fourth-order valence-electron chi connectivity index (χ4n) is 2.16. The van der Waals surface area contributed by atoms with Gasteiger partial charge in [-0.3, -0.25) is 4.57 Å². The van der Waals surface area contributed by atoms with Gasteiger partial charge in [-0.1, -0.05) is 36.4 Å². The molecule has 1 aromatic heterocycles. The highest BCUT2D eigenvalue weighted by molar-refractivity contribution is 5.90. The first-order valence-electron chi connectivity index (χ1n) is 5.52. The van der Waals surface area contributed by atoms with Gasteiger partial charge in [-0.25, -0.2) is 4.79 Å². The molecule has 0 saturated heterocycles. The van der Waals surface area contributed by atoms with Crippen molar-refractivity contribution in [3.8, 4) is 5.69 Å². The normalized spacial score (nSPS) is 10.9. The predicted molar refractivity (Wildman–Crippen MR) is 68.6 cm³/mol. The Morgan fingerprint density at radius 2 is 1.82 bits per heavy atom. The van der Waals surface area contributed by atoms with Crippen LogP contribution in [0.25, 0.3) is 16.5 Å². The average Bonchev–Trinajstić information content (AvgIpc) is 2.69. The summed E-state index contributed by atoms with van der Waals surface area (Å²) in [6.07, 6.45) is 1.73. The summed E-state index contributed by atoms with van der Waals surface area (Å²) in [5.74, 6) is 0. The van der Waals surface area contributed by atoms with Gasteiger partial charge < -0.3 is 4.98 Å². The Morgan fingerprint density at radius 3 is 2.59 bits per heavy atom. The molecule has 1 heterocycles. The second-order valence-corrected chi connectivity index (χ2v) is 4.07. The van der Waals surface area contributed by atoms with Gasteiger partial charge in [0, 0.05) is 17.3 Å². The van der Waals surface area contributed by atoms with Crippen LogP contribution in [0.3, 0.4) is 0 Å². The summed E-state index contributed by atoms with van der Waals surface area (Å²) in [6, 6.07) is 14.0. The van der Waals surface area contributed by atoms with Crippen LogP contribution in [0.5, 0.6) is 0 Å². The van der Waals surface area contributed by atoms with Crippen LogP contribution in [0.1, 0.15) is 5.69 Å². The Balaban J connectivity index is 2.43. The van der Waals surface area contributed by atoms with E-state index in [1.807, 2.05) is 49.4 Å². The molecule has 84 valence electrons. The van der Waals surface area contributed by atoms with E-state index < -0.39 is 0 Å². The van der Waals surface area contributed by atoms with E-state index in [0.29, 0.717) is 0 Å². The first-order chi connectivity index (χ1) is 8.27. The van der Waals surface area contributed by atoms with Crippen LogP contribution in [0, 0.1) is 6.92 Å². The number of H-pyrrole nitrogens is 1. The summed E-state index contributed by atoms with van der Waals surface area (Å²) in [5.41, 5.74) is 1.73. The highest BCUT2D eigenvalue weighted by Gasteiger charge is 2.07. The van der Waals surface area contributed by atoms with Crippen molar-refractivity contribution in [3.05, 3.63) is 64.8 Å². The Bertz CT molecular complexity index is 732. The maximum absolute atomic E-state index is 11.8. The molecule has 3 rings (SSSR count). The number of hydrogen-bond donors (Lipinski definition) is 1. The van der Waals surface area contributed by atoms with Crippen LogP contribution in [0.4, 0.5) is 0 Å². The van der Waals surface area contributed by atoms with Crippen molar-refractivity contribution in [2.24, 2.45) is 0 Å². The van der Waals surface area contributed by atoms with Crippen molar-refractivity contribution in [1.29, 1.82) is 0 Å². The van der Waals surface area contributed by atoms with Crippen LogP contribution < -0.4 is 5.69 Å². The fraction of sp³-hybridized carbons (Fsp3) is 0.0714. The minimum atomic E-state index is -0.0983. The van der Waals surface area contributed by atoms with E-state index in [1.165, 1.54) is 0 Å². The van der Waals surface area contributed by atoms with E-state index in [1.54, 1.807) is 10.8 Å². The molecule has 0 radical (unpaired) electrons. The summed E-state index contributed by atoms with van der Waals surface area (Å²) in [6.45, 7) is 1.92. The standard InChI is InChI=1S/C14H12N2O/c1-10-9-15-14(17)16(10)13-8-4-6-11-5-2-3-7-12(11)13/h2-9H,1H3,(H,15,17). The second kappa shape index (κ2) is 3.63. The quantitative estimate of drug-likeness (QED) is 0.678. The van der Waals surface area contributed by atoms with Crippen LogP contribution >= 0.6 is 0 Å². The molecule has 0 fully saturated rings. The van der Waals surface area contributed by atoms with Crippen LogP contribution in [-0.2, 0) is 0 Å². The van der Waals surface area contributed by atoms with Gasteiger partial charge in [-0.05, 0) is 18.4 Å². The SMILES string of the molecule is Cc1c[nH]c(=O)n1-c1cccc2ccccc12. The summed E-state index contributed by atoms with van der Waals surface area (Å²) < 4.78 is 1.70. The molecule has 2 aromatic carbocycles. The summed E-state index contributed by atoms with van der Waals surface area (Å²) in [5, 5.41) is 2.22. The number of rotatable bonds is 1. The Hall–Kier alpha value is -2.29. The van der Waals surface area contributed by atoms with Gasteiger partial charge in [0.15, 0.2) is 0 Å². The van der Waals surface area contributed by atoms with Crippen molar-refractivity contribution in [1.82, 2.24) is 9.55 Å². The third-order valence-electron chi connectivity index (χ3n) is 2.97. The monoisotopic (exact) mass is 224 g/mol. The molecule has 0 saturated carbocycles. The van der Waals surface area contributed by atoms with E-state index in [2.05, 4.69) is 4.98 Å². The summed E-state index contributed by atoms with van der Waals surface area (Å²) in [4.78, 5) is 14.5. The van der Waals surface area contributed by atoms with Crippen LogP contribution in [0.2, 0.25) is 0 Å². The van der Waals surface area contributed by atoms with Crippen LogP contribution in [-0.4, -0.2) is 9.55 Å². The molecule has 1 N–H and O–H groups in total. The molecule has 0 aliphatic heterocycles. The van der Waals surface area contributed by atoms with E-state index in [-0.39, 0.29) is 5.69 Å². The lowest BCUT2D eigenvalue weighted by Crippen LogP contribution is -2.16. The minimum absolute atomic E-state index is 0.0983. The molecule has 0 spiro atoms. The van der Waals surface area contributed by atoms with E-state index in [0.717, 1.165) is 22.2 Å². The van der Waals surface area contributed by atoms with E-state index >= 15 is 0 Å². The first kappa shape index (κ1) is 9.90. The molecule has 0 amide bonds. The molecule has 0 unspecified atom stereocenters. The second-order valence-electron chi connectivity index (χ2n) is 4.07. The summed E-state index contributed by atoms with van der Waals surface area (Å²) in [7, 11) is 0. The number of hydrogen-bond acceptors (Lipinski definition) is 1. The fourth-order valence-corrected chi connectivity index (χ4v) is 2.16. The number of nitrogens with zero attached hydrogens (tertiary/aromatic N) is 1. The zero-order valence-corrected chi connectivity index (χ0v) is 9.47. The third-order valence-corrected chi connectivity index (χ3v) is 2.97. The zero-order chi connectivity index (χ0) is 11.8. The molecular weight excluding hydrogens is 212 g/mol. The Kier molecular flexibility index (Phi) is 2.11. The van der Waals surface area contributed by atoms with Gasteiger partial charge in [0.25, 0.3) is 0 Å². The highest BCUT2D eigenvalue weighted by Crippen LogP contribution is 2.21. The molecule has 0 aliphatic carbocycles. The number of aryl methyl sites for hydroxylation is 1. The molecule has 17 heavy (non-hydrogen) atoms. The lowest BCUT2D eigenvalue weighted by molar-refractivity contribution is 0.958. The van der Waals surface area contributed by atoms with E-state index in [4.69, 9.17) is 0 Å². The van der Waals surface area contributed by atoms with Crippen LogP contribution in [0.15, 0.2) is 53.5 Å². The van der Waals surface area contributed by atoms with Crippen molar-refractivity contribution < 1.29 is 0 Å². The molecule has 3 nitrogen and oxygen atoms in total. The van der Waals surface area contributed by atoms with E-state index in [9.17, 15) is 4.79 Å². The van der Waals surface area contributed by atoms with Crippen molar-refractivity contribution in [3.63, 3.8) is 0 Å². The smallest absolute Gasteiger partial charge is 0.312 e. The number of aromatic nitrogens is 2. The molecule has 0 bridgehead atoms. The van der Waals surface area contributed by atoms with Gasteiger partial charge in [-0.2, -0.15) is 0 Å². The zero-order valence-electron chi connectivity index (χ0n) is 9.47. The predicted octanol–water partition coefficient (Wildman–Crippen LogP) is 2.63. The number of benzene rings is 2. The lowest BCUT2D eigenvalue weighted by Gasteiger charge is -2.08. The lowest BCUT2D eigenvalue weighted by atomic mass is 10.1. The van der Waals surface area contributed by atoms with Gasteiger partial charge in [0.2, 0.25) is 0 Å². The number of nitrogens with one attached hydrogen (secondary N) is 1. The van der Waals surface area contributed by atoms with Gasteiger partial charge >= 0.3 is 5.69 Å². The highest BCUT2D eigenvalue weighted by atomic mass is 16.1. The third kappa shape index (κ3) is 1.47. The van der Waals surface area contributed by atoms with Crippen molar-refractivity contribution in [2.75, 3.05) is 0 Å². The first-order valence-corrected chi connectivity index (χ1v) is 5.52. The number of fused-ring (bicyclic) bond motifs is 1. The molecule has 3 heteroatoms. The number of imidazole rings is 1. The Morgan fingerprint density at radius 1 is 1.06 bits per heavy atom. The largest absolute Gasteiger partial charge is 0.330 e. The molecule has 0 atom stereocenters. The van der Waals surface area contributed by atoms with Gasteiger partial charge in [0.1, 0.15) is 0 Å². The number of aromatic amines is 1. The topological polar surface area (TPSA) is 37.8 Å². The molecule has 3 aromatic rings. The molecule has 0 aliphatic rings. The van der Waals surface area contributed by atoms with Gasteiger partial charge in [-0.15, -0.1) is 0 Å². The van der Waals surface area contributed by atoms with Crippen molar-refractivity contribution >= 4 is 10.8 Å². The van der Waals surface area contributed by atoms with Crippen molar-refractivity contribution in [2.45, 2.75) is 6.92 Å². The maximum Gasteiger partial charge on any atom is 0.330 e. The maximum atomic E-state index is 11.8. The Labute approximate surface area is 98.3 Å².